The fourth-order valence-corrected chi connectivity index (χ4v) is 2.23. The van der Waals surface area contributed by atoms with E-state index >= 15 is 0 Å². The summed E-state index contributed by atoms with van der Waals surface area (Å²) in [5, 5.41) is 10.4. The molecule has 2 aromatic heterocycles. The van der Waals surface area contributed by atoms with Crippen molar-refractivity contribution in [3.63, 3.8) is 0 Å². The quantitative estimate of drug-likeness (QED) is 0.711. The van der Waals surface area contributed by atoms with Crippen LogP contribution in [0.1, 0.15) is 0 Å². The predicted octanol–water partition coefficient (Wildman–Crippen LogP) is 3.11. The van der Waals surface area contributed by atoms with Gasteiger partial charge in [0.15, 0.2) is 0 Å². The van der Waals surface area contributed by atoms with Crippen LogP contribution in [-0.4, -0.2) is 28.4 Å². The van der Waals surface area contributed by atoms with Crippen molar-refractivity contribution in [3.8, 4) is 22.4 Å². The highest BCUT2D eigenvalue weighted by Gasteiger charge is 2.10. The molecule has 0 atom stereocenters. The van der Waals surface area contributed by atoms with Gasteiger partial charge in [-0.15, -0.1) is 0 Å². The van der Waals surface area contributed by atoms with Crippen LogP contribution in [0.3, 0.4) is 0 Å². The van der Waals surface area contributed by atoms with E-state index in [2.05, 4.69) is 25.2 Å². The summed E-state index contributed by atoms with van der Waals surface area (Å²) in [5.41, 5.74) is 8.16. The molecular formula is C17H14FN5O2. The maximum absolute atomic E-state index is 14.0. The minimum Gasteiger partial charge on any atom is -0.453 e. The number of nitrogens with zero attached hydrogens (tertiary/aromatic N) is 3. The Kier molecular flexibility index (Phi) is 4.51. The molecule has 1 aromatic carbocycles. The van der Waals surface area contributed by atoms with Crippen LogP contribution in [0.2, 0.25) is 0 Å². The lowest BCUT2D eigenvalue weighted by atomic mass is 10.1. The van der Waals surface area contributed by atoms with Gasteiger partial charge in [0.2, 0.25) is 0 Å². The number of benzene rings is 1. The van der Waals surface area contributed by atoms with Crippen molar-refractivity contribution in [1.29, 1.82) is 0 Å². The van der Waals surface area contributed by atoms with Crippen molar-refractivity contribution in [2.45, 2.75) is 0 Å². The molecule has 0 spiro atoms. The van der Waals surface area contributed by atoms with Crippen molar-refractivity contribution in [2.24, 2.45) is 0 Å². The molecule has 3 N–H and O–H groups in total. The van der Waals surface area contributed by atoms with E-state index in [0.717, 1.165) is 5.56 Å². The van der Waals surface area contributed by atoms with Crippen molar-refractivity contribution >= 4 is 17.6 Å². The van der Waals surface area contributed by atoms with Gasteiger partial charge in [0.05, 0.1) is 19.0 Å². The summed E-state index contributed by atoms with van der Waals surface area (Å²) in [6, 6.07) is 9.32. The zero-order chi connectivity index (χ0) is 17.8. The van der Waals surface area contributed by atoms with Crippen LogP contribution in [-0.2, 0) is 4.74 Å². The molecule has 0 unspecified atom stereocenters. The van der Waals surface area contributed by atoms with E-state index in [9.17, 15) is 9.18 Å². The van der Waals surface area contributed by atoms with Gasteiger partial charge >= 0.3 is 6.09 Å². The van der Waals surface area contributed by atoms with Crippen molar-refractivity contribution in [2.75, 3.05) is 18.2 Å². The number of pyridine rings is 1. The standard InChI is InChI=1S/C17H14FN5O2/c1-25-17(24)22-16-7-10(4-5-20-16)11-6-15(23-21-9-11)13-8-12(19)2-3-14(13)18/h2-9H,19H2,1H3,(H,20,22,24). The molecule has 7 nitrogen and oxygen atoms in total. The molecule has 25 heavy (non-hydrogen) atoms. The number of halogens is 1. The number of methoxy groups -OCH3 is 1. The fraction of sp³-hybridized carbons (Fsp3) is 0.0588. The van der Waals surface area contributed by atoms with Gasteiger partial charge in [0, 0.05) is 23.0 Å². The summed E-state index contributed by atoms with van der Waals surface area (Å²) in [6.45, 7) is 0. The molecule has 2 heterocycles. The van der Waals surface area contributed by atoms with E-state index in [1.165, 1.54) is 37.7 Å². The van der Waals surface area contributed by atoms with Gasteiger partial charge in [-0.05, 0) is 42.0 Å². The second-order valence-corrected chi connectivity index (χ2v) is 5.12. The lowest BCUT2D eigenvalue weighted by molar-refractivity contribution is 0.187. The van der Waals surface area contributed by atoms with Gasteiger partial charge < -0.3 is 10.5 Å². The van der Waals surface area contributed by atoms with Gasteiger partial charge in [-0.25, -0.2) is 14.2 Å². The van der Waals surface area contributed by atoms with Crippen LogP contribution in [0, 0.1) is 5.82 Å². The minimum absolute atomic E-state index is 0.260. The highest BCUT2D eigenvalue weighted by atomic mass is 19.1. The highest BCUT2D eigenvalue weighted by molar-refractivity contribution is 5.84. The Morgan fingerprint density at radius 1 is 1.20 bits per heavy atom. The molecule has 0 aliphatic rings. The molecule has 1 amide bonds. The number of carbonyl (C=O) groups is 1. The average Bonchev–Trinajstić information content (AvgIpc) is 2.64. The molecule has 3 aromatic rings. The summed E-state index contributed by atoms with van der Waals surface area (Å²) in [4.78, 5) is 15.3. The number of amides is 1. The fourth-order valence-electron chi connectivity index (χ4n) is 2.23. The predicted molar refractivity (Wildman–Crippen MR) is 91.1 cm³/mol. The Balaban J connectivity index is 1.98. The van der Waals surface area contributed by atoms with Crippen LogP contribution >= 0.6 is 0 Å². The number of nitrogen functional groups attached to an aromatic ring is 1. The summed E-state index contributed by atoms with van der Waals surface area (Å²) in [6.07, 6.45) is 2.44. The molecule has 0 bridgehead atoms. The van der Waals surface area contributed by atoms with Gasteiger partial charge in [-0.1, -0.05) is 0 Å². The Morgan fingerprint density at radius 3 is 2.84 bits per heavy atom. The van der Waals surface area contributed by atoms with Crippen LogP contribution in [0.4, 0.5) is 20.7 Å². The van der Waals surface area contributed by atoms with E-state index in [1.54, 1.807) is 18.2 Å². The Hall–Kier alpha value is -3.55. The zero-order valence-corrected chi connectivity index (χ0v) is 13.2. The first-order valence-electron chi connectivity index (χ1n) is 7.26. The molecule has 0 saturated heterocycles. The number of rotatable bonds is 3. The first-order chi connectivity index (χ1) is 12.1. The van der Waals surface area contributed by atoms with Gasteiger partial charge in [0.1, 0.15) is 11.6 Å². The largest absolute Gasteiger partial charge is 0.453 e. The van der Waals surface area contributed by atoms with Gasteiger partial charge in [0.25, 0.3) is 0 Å². The lowest BCUT2D eigenvalue weighted by Gasteiger charge is -2.08. The third-order valence-electron chi connectivity index (χ3n) is 3.43. The third kappa shape index (κ3) is 3.69. The maximum atomic E-state index is 14.0. The maximum Gasteiger partial charge on any atom is 0.412 e. The summed E-state index contributed by atoms with van der Waals surface area (Å²) in [7, 11) is 1.26. The lowest BCUT2D eigenvalue weighted by Crippen LogP contribution is -2.11. The van der Waals surface area contributed by atoms with Crippen LogP contribution in [0.25, 0.3) is 22.4 Å². The third-order valence-corrected chi connectivity index (χ3v) is 3.43. The second-order valence-electron chi connectivity index (χ2n) is 5.12. The highest BCUT2D eigenvalue weighted by Crippen LogP contribution is 2.27. The first kappa shape index (κ1) is 16.3. The van der Waals surface area contributed by atoms with Gasteiger partial charge in [-0.2, -0.15) is 10.2 Å². The van der Waals surface area contributed by atoms with E-state index in [-0.39, 0.29) is 5.56 Å². The number of hydrogen-bond acceptors (Lipinski definition) is 6. The Labute approximate surface area is 142 Å². The number of hydrogen-bond donors (Lipinski definition) is 2. The van der Waals surface area contributed by atoms with E-state index in [4.69, 9.17) is 5.73 Å². The Bertz CT molecular complexity index is 932. The number of nitrogens with one attached hydrogen (secondary N) is 1. The van der Waals surface area contributed by atoms with E-state index < -0.39 is 11.9 Å². The average molecular weight is 339 g/mol. The zero-order valence-electron chi connectivity index (χ0n) is 13.2. The summed E-state index contributed by atoms with van der Waals surface area (Å²) in [5.74, 6) is -0.124. The molecule has 0 saturated carbocycles. The van der Waals surface area contributed by atoms with Gasteiger partial charge in [-0.3, -0.25) is 5.32 Å². The number of nitrogens with two attached hydrogens (primary N) is 1. The normalized spacial score (nSPS) is 10.3. The molecule has 0 fully saturated rings. The van der Waals surface area contributed by atoms with Crippen LogP contribution in [0.15, 0.2) is 48.8 Å². The Morgan fingerprint density at radius 2 is 2.04 bits per heavy atom. The molecule has 8 heteroatoms. The first-order valence-corrected chi connectivity index (χ1v) is 7.26. The smallest absolute Gasteiger partial charge is 0.412 e. The van der Waals surface area contributed by atoms with Crippen molar-refractivity contribution in [1.82, 2.24) is 15.2 Å². The minimum atomic E-state index is -0.625. The van der Waals surface area contributed by atoms with E-state index in [1.807, 2.05) is 0 Å². The number of aromatic nitrogens is 3. The molecule has 126 valence electrons. The molecule has 0 radical (unpaired) electrons. The number of anilines is 2. The SMILES string of the molecule is COC(=O)Nc1cc(-c2cnnc(-c3cc(N)ccc3F)c2)ccn1. The van der Waals surface area contributed by atoms with Crippen molar-refractivity contribution in [3.05, 3.63) is 54.6 Å². The van der Waals surface area contributed by atoms with Crippen LogP contribution in [0.5, 0.6) is 0 Å². The van der Waals surface area contributed by atoms with Crippen LogP contribution < -0.4 is 11.1 Å². The molecule has 0 aliphatic heterocycles. The number of ether oxygens (including phenoxy) is 1. The summed E-state index contributed by atoms with van der Waals surface area (Å²) < 4.78 is 18.6. The number of carbonyl (C=O) groups excluding carboxylic acids is 1. The summed E-state index contributed by atoms with van der Waals surface area (Å²) >= 11 is 0. The monoisotopic (exact) mass is 339 g/mol. The molecular weight excluding hydrogens is 325 g/mol. The topological polar surface area (TPSA) is 103 Å². The van der Waals surface area contributed by atoms with Crippen molar-refractivity contribution < 1.29 is 13.9 Å². The van der Waals surface area contributed by atoms with E-state index in [0.29, 0.717) is 22.8 Å². The molecule has 0 aliphatic carbocycles. The second kappa shape index (κ2) is 6.91. The molecule has 3 rings (SSSR count).